The van der Waals surface area contributed by atoms with Crippen LogP contribution >= 0.6 is 0 Å². The lowest BCUT2D eigenvalue weighted by Gasteiger charge is -2.32. The van der Waals surface area contributed by atoms with Crippen molar-refractivity contribution in [3.8, 4) is 6.07 Å². The van der Waals surface area contributed by atoms with Gasteiger partial charge in [-0.3, -0.25) is 0 Å². The molecule has 0 heterocycles. The molecule has 0 amide bonds. The molecule has 2 heteroatoms. The monoisotopic (exact) mass is 154 g/mol. The topological polar surface area (TPSA) is 27.0 Å². The minimum atomic E-state index is 0.124. The van der Waals surface area contributed by atoms with Crippen LogP contribution in [0.3, 0.4) is 0 Å². The predicted octanol–water partition coefficient (Wildman–Crippen LogP) is 1.88. The molecule has 0 aromatic rings. The second-order valence-corrected chi connectivity index (χ2v) is 4.08. The van der Waals surface area contributed by atoms with Crippen LogP contribution in [0.5, 0.6) is 0 Å². The molecule has 0 aliphatic rings. The summed E-state index contributed by atoms with van der Waals surface area (Å²) in [5.41, 5.74) is 0.172. The van der Waals surface area contributed by atoms with Gasteiger partial charge >= 0.3 is 0 Å². The highest BCUT2D eigenvalue weighted by Crippen LogP contribution is 2.11. The summed E-state index contributed by atoms with van der Waals surface area (Å²) in [5.74, 6) is 0.124. The number of hydrogen-bond donors (Lipinski definition) is 0. The summed E-state index contributed by atoms with van der Waals surface area (Å²) in [6, 6.07) is 2.23. The minimum Gasteiger partial charge on any atom is -0.300 e. The maximum Gasteiger partial charge on any atom is 0.0666 e. The van der Waals surface area contributed by atoms with Gasteiger partial charge in [0.15, 0.2) is 0 Å². The Bertz CT molecular complexity index is 150. The molecule has 0 aromatic heterocycles. The van der Waals surface area contributed by atoms with Crippen molar-refractivity contribution < 1.29 is 0 Å². The van der Waals surface area contributed by atoms with Crippen molar-refractivity contribution in [1.29, 1.82) is 5.26 Å². The quantitative estimate of drug-likeness (QED) is 0.607. The normalized spacial score (nSPS) is 14.6. The molecule has 0 rings (SSSR count). The number of rotatable bonds is 2. The largest absolute Gasteiger partial charge is 0.300 e. The molecule has 0 saturated carbocycles. The third-order valence-electron chi connectivity index (χ3n) is 1.91. The fourth-order valence-corrected chi connectivity index (χ4v) is 0.725. The molecule has 0 bridgehead atoms. The van der Waals surface area contributed by atoms with Crippen LogP contribution in [0.2, 0.25) is 0 Å². The lowest BCUT2D eigenvalue weighted by Crippen LogP contribution is -2.40. The fourth-order valence-electron chi connectivity index (χ4n) is 0.725. The minimum absolute atomic E-state index is 0.124. The standard InChI is InChI=1S/C9H18N2/c1-8(6-10)7-11(5)9(2,3)4/h8H,7H2,1-5H3. The summed E-state index contributed by atoms with van der Waals surface area (Å²) in [6.07, 6.45) is 0. The Kier molecular flexibility index (Phi) is 3.54. The van der Waals surface area contributed by atoms with Gasteiger partial charge in [0, 0.05) is 12.1 Å². The van der Waals surface area contributed by atoms with Gasteiger partial charge < -0.3 is 4.90 Å². The molecule has 0 fully saturated rings. The van der Waals surface area contributed by atoms with E-state index in [1.54, 1.807) is 0 Å². The van der Waals surface area contributed by atoms with Crippen molar-refractivity contribution in [2.75, 3.05) is 13.6 Å². The van der Waals surface area contributed by atoms with Gasteiger partial charge in [0.1, 0.15) is 0 Å². The molecular weight excluding hydrogens is 136 g/mol. The molecule has 64 valence electrons. The first-order chi connectivity index (χ1) is 4.88. The second kappa shape index (κ2) is 3.73. The maximum absolute atomic E-state index is 8.57. The van der Waals surface area contributed by atoms with Gasteiger partial charge in [-0.15, -0.1) is 0 Å². The van der Waals surface area contributed by atoms with Gasteiger partial charge in [-0.05, 0) is 34.7 Å². The van der Waals surface area contributed by atoms with Crippen LogP contribution in [0, 0.1) is 17.2 Å². The smallest absolute Gasteiger partial charge is 0.0666 e. The average molecular weight is 154 g/mol. The molecular formula is C9H18N2. The van der Waals surface area contributed by atoms with Gasteiger partial charge in [0.05, 0.1) is 12.0 Å². The van der Waals surface area contributed by atoms with Crippen LogP contribution in [-0.4, -0.2) is 24.0 Å². The van der Waals surface area contributed by atoms with E-state index >= 15 is 0 Å². The maximum atomic E-state index is 8.57. The number of hydrogen-bond acceptors (Lipinski definition) is 2. The van der Waals surface area contributed by atoms with Crippen molar-refractivity contribution in [3.05, 3.63) is 0 Å². The Balaban J connectivity index is 3.90. The summed E-state index contributed by atoms with van der Waals surface area (Å²) in [4.78, 5) is 2.20. The van der Waals surface area contributed by atoms with E-state index in [1.807, 2.05) is 14.0 Å². The fraction of sp³-hybridized carbons (Fsp3) is 0.889. The second-order valence-electron chi connectivity index (χ2n) is 4.08. The van der Waals surface area contributed by atoms with Crippen molar-refractivity contribution >= 4 is 0 Å². The van der Waals surface area contributed by atoms with E-state index in [9.17, 15) is 0 Å². The van der Waals surface area contributed by atoms with Gasteiger partial charge in [-0.25, -0.2) is 0 Å². The lowest BCUT2D eigenvalue weighted by atomic mass is 10.0. The van der Waals surface area contributed by atoms with Crippen LogP contribution in [0.25, 0.3) is 0 Å². The number of nitriles is 1. The summed E-state index contributed by atoms with van der Waals surface area (Å²) < 4.78 is 0. The van der Waals surface area contributed by atoms with Gasteiger partial charge in [-0.2, -0.15) is 5.26 Å². The SMILES string of the molecule is CC(C#N)CN(C)C(C)(C)C. The van der Waals surface area contributed by atoms with Crippen LogP contribution in [0.1, 0.15) is 27.7 Å². The van der Waals surface area contributed by atoms with Crippen molar-refractivity contribution in [1.82, 2.24) is 4.90 Å². The summed E-state index contributed by atoms with van der Waals surface area (Å²) in [6.45, 7) is 9.24. The summed E-state index contributed by atoms with van der Waals surface area (Å²) in [7, 11) is 2.05. The Hall–Kier alpha value is -0.550. The van der Waals surface area contributed by atoms with E-state index in [0.29, 0.717) is 0 Å². The predicted molar refractivity (Wildman–Crippen MR) is 47.2 cm³/mol. The van der Waals surface area contributed by atoms with E-state index in [2.05, 4.69) is 31.7 Å². The summed E-state index contributed by atoms with van der Waals surface area (Å²) in [5, 5.41) is 8.57. The Morgan fingerprint density at radius 1 is 1.45 bits per heavy atom. The Labute approximate surface area is 69.8 Å². The molecule has 0 aliphatic carbocycles. The molecule has 1 unspecified atom stereocenters. The van der Waals surface area contributed by atoms with Crippen molar-refractivity contribution in [3.63, 3.8) is 0 Å². The zero-order chi connectivity index (χ0) is 9.07. The van der Waals surface area contributed by atoms with Gasteiger partial charge in [-0.1, -0.05) is 0 Å². The van der Waals surface area contributed by atoms with Gasteiger partial charge in [0.25, 0.3) is 0 Å². The van der Waals surface area contributed by atoms with E-state index in [0.717, 1.165) is 6.54 Å². The molecule has 0 aromatic carbocycles. The molecule has 0 spiro atoms. The van der Waals surface area contributed by atoms with E-state index in [-0.39, 0.29) is 11.5 Å². The zero-order valence-electron chi connectivity index (χ0n) is 8.18. The molecule has 0 N–H and O–H groups in total. The first-order valence-electron chi connectivity index (χ1n) is 3.98. The average Bonchev–Trinajstić information content (AvgIpc) is 1.85. The number of nitrogens with zero attached hydrogens (tertiary/aromatic N) is 2. The van der Waals surface area contributed by atoms with Crippen LogP contribution in [-0.2, 0) is 0 Å². The highest BCUT2D eigenvalue weighted by molar-refractivity contribution is 4.84. The van der Waals surface area contributed by atoms with E-state index < -0.39 is 0 Å². The lowest BCUT2D eigenvalue weighted by molar-refractivity contribution is 0.164. The first-order valence-corrected chi connectivity index (χ1v) is 3.98. The van der Waals surface area contributed by atoms with Gasteiger partial charge in [0.2, 0.25) is 0 Å². The molecule has 11 heavy (non-hydrogen) atoms. The Morgan fingerprint density at radius 2 is 1.91 bits per heavy atom. The first kappa shape index (κ1) is 10.4. The molecule has 0 saturated heterocycles. The highest BCUT2D eigenvalue weighted by atomic mass is 15.2. The highest BCUT2D eigenvalue weighted by Gasteiger charge is 2.18. The van der Waals surface area contributed by atoms with Crippen LogP contribution in [0.15, 0.2) is 0 Å². The molecule has 0 radical (unpaired) electrons. The molecule has 0 aliphatic heterocycles. The molecule has 1 atom stereocenters. The van der Waals surface area contributed by atoms with Crippen LogP contribution in [0.4, 0.5) is 0 Å². The summed E-state index contributed by atoms with van der Waals surface area (Å²) >= 11 is 0. The third kappa shape index (κ3) is 4.00. The zero-order valence-corrected chi connectivity index (χ0v) is 8.18. The van der Waals surface area contributed by atoms with Crippen molar-refractivity contribution in [2.45, 2.75) is 33.2 Å². The molecule has 2 nitrogen and oxygen atoms in total. The van der Waals surface area contributed by atoms with Crippen LogP contribution < -0.4 is 0 Å². The van der Waals surface area contributed by atoms with E-state index in [4.69, 9.17) is 5.26 Å². The third-order valence-corrected chi connectivity index (χ3v) is 1.91. The van der Waals surface area contributed by atoms with E-state index in [1.165, 1.54) is 0 Å². The van der Waals surface area contributed by atoms with Crippen molar-refractivity contribution in [2.24, 2.45) is 5.92 Å². The Morgan fingerprint density at radius 3 is 2.18 bits per heavy atom.